The third-order valence-electron chi connectivity index (χ3n) is 7.23. The molecule has 7 rings (SSSR count). The maximum atomic E-state index is 5.03. The van der Waals surface area contributed by atoms with Crippen molar-refractivity contribution in [2.45, 2.75) is 13.8 Å². The van der Waals surface area contributed by atoms with E-state index in [1.165, 1.54) is 16.7 Å². The highest BCUT2D eigenvalue weighted by molar-refractivity contribution is 5.95. The topological polar surface area (TPSA) is 57.4 Å². The van der Waals surface area contributed by atoms with Crippen LogP contribution in [0.25, 0.3) is 68.6 Å². The molecule has 8 bridgehead atoms. The second-order valence-electron chi connectivity index (χ2n) is 9.83. The highest BCUT2D eigenvalue weighted by Crippen LogP contribution is 2.34. The van der Waals surface area contributed by atoms with Crippen LogP contribution in [0.15, 0.2) is 84.9 Å². The van der Waals surface area contributed by atoms with Crippen LogP contribution in [0.5, 0.6) is 0 Å². The van der Waals surface area contributed by atoms with Gasteiger partial charge in [0.1, 0.15) is 0 Å². The summed E-state index contributed by atoms with van der Waals surface area (Å²) in [4.78, 5) is 17.3. The molecular weight excluding hydrogens is 464 g/mol. The van der Waals surface area contributed by atoms with Crippen LogP contribution in [0.1, 0.15) is 33.9 Å². The lowest BCUT2D eigenvalue weighted by Crippen LogP contribution is -1.91. The van der Waals surface area contributed by atoms with Gasteiger partial charge in [-0.15, -0.1) is 0 Å². The Hall–Kier alpha value is -4.96. The van der Waals surface area contributed by atoms with Crippen molar-refractivity contribution in [3.63, 3.8) is 0 Å². The fourth-order valence-corrected chi connectivity index (χ4v) is 5.35. The van der Waals surface area contributed by atoms with Crippen LogP contribution in [-0.2, 0) is 0 Å². The maximum absolute atomic E-state index is 5.03. The van der Waals surface area contributed by atoms with Gasteiger partial charge in [0.25, 0.3) is 0 Å². The number of benzene rings is 2. The predicted molar refractivity (Wildman–Crippen MR) is 159 cm³/mol. The first-order valence-electron chi connectivity index (χ1n) is 12.8. The Morgan fingerprint density at radius 2 is 0.974 bits per heavy atom. The molecule has 0 saturated carbocycles. The minimum absolute atomic E-state index is 0.907. The van der Waals surface area contributed by atoms with Gasteiger partial charge in [-0.25, -0.2) is 9.97 Å². The SMILES string of the molecule is Cc1ccccc1-c1c2nc(cc3ccc([nH]3)c(-c3ccccc3C)c3ccc(cc4nc1C=C4)[nH]3)C=C2. The Balaban J connectivity index is 1.59. The Labute approximate surface area is 221 Å². The van der Waals surface area contributed by atoms with Gasteiger partial charge in [0.15, 0.2) is 0 Å². The summed E-state index contributed by atoms with van der Waals surface area (Å²) in [7, 11) is 0. The van der Waals surface area contributed by atoms with E-state index in [0.717, 1.165) is 61.5 Å². The van der Waals surface area contributed by atoms with E-state index in [9.17, 15) is 0 Å². The number of aromatic nitrogens is 4. The van der Waals surface area contributed by atoms with Crippen LogP contribution >= 0.6 is 0 Å². The number of hydrogen-bond donors (Lipinski definition) is 2. The number of rotatable bonds is 2. The molecule has 0 aliphatic carbocycles. The number of nitrogens with one attached hydrogen (secondary N) is 2. The molecule has 2 N–H and O–H groups in total. The molecule has 0 saturated heterocycles. The number of nitrogens with zero attached hydrogens (tertiary/aromatic N) is 2. The van der Waals surface area contributed by atoms with E-state index in [0.29, 0.717) is 0 Å². The van der Waals surface area contributed by atoms with E-state index in [4.69, 9.17) is 9.97 Å². The Bertz CT molecular complexity index is 1850. The summed E-state index contributed by atoms with van der Waals surface area (Å²) in [5, 5.41) is 0. The van der Waals surface area contributed by atoms with E-state index < -0.39 is 0 Å². The lowest BCUT2D eigenvalue weighted by Gasteiger charge is -2.08. The van der Waals surface area contributed by atoms with Gasteiger partial charge in [-0.1, -0.05) is 48.5 Å². The highest BCUT2D eigenvalue weighted by Gasteiger charge is 2.15. The summed E-state index contributed by atoms with van der Waals surface area (Å²) < 4.78 is 0. The molecule has 182 valence electrons. The summed E-state index contributed by atoms with van der Waals surface area (Å²) in [6.45, 7) is 4.29. The molecule has 5 heterocycles. The zero-order valence-electron chi connectivity index (χ0n) is 21.3. The van der Waals surface area contributed by atoms with Crippen LogP contribution in [-0.4, -0.2) is 19.9 Å². The van der Waals surface area contributed by atoms with Gasteiger partial charge in [-0.2, -0.15) is 0 Å². The first-order valence-corrected chi connectivity index (χ1v) is 12.8. The molecule has 2 aromatic carbocycles. The Kier molecular flexibility index (Phi) is 5.19. The number of hydrogen-bond acceptors (Lipinski definition) is 2. The largest absolute Gasteiger partial charge is 0.355 e. The van der Waals surface area contributed by atoms with Crippen molar-refractivity contribution >= 4 is 46.4 Å². The van der Waals surface area contributed by atoms with Gasteiger partial charge in [-0.05, 0) is 96.8 Å². The minimum atomic E-state index is 0.907. The van der Waals surface area contributed by atoms with Gasteiger partial charge in [0, 0.05) is 33.2 Å². The van der Waals surface area contributed by atoms with Crippen molar-refractivity contribution in [1.29, 1.82) is 0 Å². The average Bonchev–Trinajstić information content (AvgIpc) is 3.72. The molecule has 3 aromatic heterocycles. The lowest BCUT2D eigenvalue weighted by atomic mass is 9.98. The monoisotopic (exact) mass is 490 g/mol. The van der Waals surface area contributed by atoms with Crippen molar-refractivity contribution in [3.8, 4) is 22.3 Å². The van der Waals surface area contributed by atoms with Crippen LogP contribution in [0, 0.1) is 13.8 Å². The van der Waals surface area contributed by atoms with Crippen molar-refractivity contribution in [2.24, 2.45) is 0 Å². The molecule has 0 atom stereocenters. The van der Waals surface area contributed by atoms with Crippen LogP contribution < -0.4 is 0 Å². The molecule has 0 radical (unpaired) electrons. The van der Waals surface area contributed by atoms with Crippen molar-refractivity contribution in [1.82, 2.24) is 19.9 Å². The molecule has 0 spiro atoms. The van der Waals surface area contributed by atoms with Gasteiger partial charge < -0.3 is 9.97 Å². The molecule has 2 aliphatic rings. The lowest BCUT2D eigenvalue weighted by molar-refractivity contribution is 1.27. The summed E-state index contributed by atoms with van der Waals surface area (Å²) in [5.74, 6) is 0. The number of aromatic amines is 2. The summed E-state index contributed by atoms with van der Waals surface area (Å²) in [6, 6.07) is 29.7. The number of H-pyrrole nitrogens is 2. The average molecular weight is 491 g/mol. The van der Waals surface area contributed by atoms with E-state index >= 15 is 0 Å². The number of aryl methyl sites for hydroxylation is 2. The van der Waals surface area contributed by atoms with Gasteiger partial charge in [0.2, 0.25) is 0 Å². The quantitative estimate of drug-likeness (QED) is 0.255. The maximum Gasteiger partial charge on any atom is 0.0737 e. The summed E-state index contributed by atoms with van der Waals surface area (Å²) in [6.07, 6.45) is 8.33. The summed E-state index contributed by atoms with van der Waals surface area (Å²) in [5.41, 5.74) is 14.7. The second kappa shape index (κ2) is 8.86. The first kappa shape index (κ1) is 22.3. The molecule has 5 aromatic rings. The van der Waals surface area contributed by atoms with Crippen molar-refractivity contribution in [2.75, 3.05) is 0 Å². The molecule has 4 heteroatoms. The van der Waals surface area contributed by atoms with E-state index in [2.05, 4.69) is 133 Å². The number of fused-ring (bicyclic) bond motifs is 8. The Morgan fingerprint density at radius 1 is 0.500 bits per heavy atom. The van der Waals surface area contributed by atoms with E-state index in [-0.39, 0.29) is 0 Å². The first-order chi connectivity index (χ1) is 18.6. The second-order valence-corrected chi connectivity index (χ2v) is 9.83. The molecule has 38 heavy (non-hydrogen) atoms. The predicted octanol–water partition coefficient (Wildman–Crippen LogP) is 8.61. The Morgan fingerprint density at radius 3 is 1.47 bits per heavy atom. The fraction of sp³-hybridized carbons (Fsp3) is 0.0588. The van der Waals surface area contributed by atoms with Gasteiger partial charge in [-0.3, -0.25) is 0 Å². The minimum Gasteiger partial charge on any atom is -0.355 e. The molecule has 0 fully saturated rings. The van der Waals surface area contributed by atoms with E-state index in [1.807, 2.05) is 0 Å². The third-order valence-corrected chi connectivity index (χ3v) is 7.23. The zero-order chi connectivity index (χ0) is 25.6. The molecule has 2 aliphatic heterocycles. The molecule has 0 unspecified atom stereocenters. The fourth-order valence-electron chi connectivity index (χ4n) is 5.35. The van der Waals surface area contributed by atoms with Gasteiger partial charge >= 0.3 is 0 Å². The standard InChI is InChI=1S/C34H26N4/c1-21-7-3-5-9-27(21)33-29-15-11-23(35-29)19-25-13-17-31(37-25)34(28-10-6-4-8-22(28)2)32-18-14-26(38-32)20-24-12-16-30(33)36-24/h3-20,35-36H,1-2H3. The molecular formula is C34H26N4. The zero-order valence-corrected chi connectivity index (χ0v) is 21.3. The normalized spacial score (nSPS) is 12.3. The van der Waals surface area contributed by atoms with Crippen LogP contribution in [0.2, 0.25) is 0 Å². The van der Waals surface area contributed by atoms with Crippen LogP contribution in [0.3, 0.4) is 0 Å². The molecule has 4 nitrogen and oxygen atoms in total. The van der Waals surface area contributed by atoms with E-state index in [1.54, 1.807) is 0 Å². The van der Waals surface area contributed by atoms with Crippen molar-refractivity contribution < 1.29 is 0 Å². The molecule has 0 amide bonds. The van der Waals surface area contributed by atoms with Crippen LogP contribution in [0.4, 0.5) is 0 Å². The highest BCUT2D eigenvalue weighted by atomic mass is 14.8. The van der Waals surface area contributed by atoms with Gasteiger partial charge in [0.05, 0.1) is 22.8 Å². The van der Waals surface area contributed by atoms with Crippen molar-refractivity contribution in [3.05, 3.63) is 119 Å². The summed E-state index contributed by atoms with van der Waals surface area (Å²) >= 11 is 0. The third kappa shape index (κ3) is 3.87. The smallest absolute Gasteiger partial charge is 0.0737 e.